The second-order valence-corrected chi connectivity index (χ2v) is 4.04. The van der Waals surface area contributed by atoms with Gasteiger partial charge in [0, 0.05) is 6.92 Å². The van der Waals surface area contributed by atoms with Crippen LogP contribution in [0.1, 0.15) is 19.8 Å². The van der Waals surface area contributed by atoms with Gasteiger partial charge in [0.1, 0.15) is 12.8 Å². The van der Waals surface area contributed by atoms with Crippen LogP contribution in [-0.4, -0.2) is 49.4 Å². The van der Waals surface area contributed by atoms with Crippen molar-refractivity contribution in [1.29, 1.82) is 1.43 Å². The zero-order valence-electron chi connectivity index (χ0n) is 12.4. The summed E-state index contributed by atoms with van der Waals surface area (Å²) in [7, 11) is 0. The lowest BCUT2D eigenvalue weighted by Gasteiger charge is -2.25. The van der Waals surface area contributed by atoms with Crippen LogP contribution < -0.4 is 32.7 Å². The summed E-state index contributed by atoms with van der Waals surface area (Å²) in [5.74, 6) is -5.05. The van der Waals surface area contributed by atoms with Crippen molar-refractivity contribution in [1.82, 2.24) is 32.7 Å². The number of carbonyl (C=O) groups is 4. The molecule has 0 saturated heterocycles. The van der Waals surface area contributed by atoms with E-state index in [-0.39, 0.29) is 13.3 Å². The van der Waals surface area contributed by atoms with Crippen LogP contribution in [0.5, 0.6) is 0 Å². The van der Waals surface area contributed by atoms with Gasteiger partial charge in [-0.15, -0.1) is 0 Å². The Hall–Kier alpha value is -2.24. The van der Waals surface area contributed by atoms with Crippen molar-refractivity contribution in [2.45, 2.75) is 25.6 Å². The number of aliphatic hydroxyl groups is 1. The number of rotatable bonds is 9. The molecule has 0 rings (SSSR count). The Morgan fingerprint density at radius 1 is 0.952 bits per heavy atom. The molecule has 11 heteroatoms. The topological polar surface area (TPSA) is 184 Å². The van der Waals surface area contributed by atoms with E-state index in [4.69, 9.17) is 12.9 Å². The number of carbonyl (C=O) groups excluding carboxylic acids is 4. The van der Waals surface area contributed by atoms with Crippen molar-refractivity contribution in [3.63, 3.8) is 0 Å². The van der Waals surface area contributed by atoms with Gasteiger partial charge in [-0.25, -0.2) is 11.5 Å². The van der Waals surface area contributed by atoms with Gasteiger partial charge in [-0.05, 0) is 0 Å². The third-order valence-electron chi connectivity index (χ3n) is 1.97. The van der Waals surface area contributed by atoms with Gasteiger partial charge in [-0.1, -0.05) is 0 Å². The van der Waals surface area contributed by atoms with Gasteiger partial charge in [-0.3, -0.25) is 19.2 Å². The van der Waals surface area contributed by atoms with Crippen LogP contribution in [0, 0.1) is 0 Å². The van der Waals surface area contributed by atoms with Crippen LogP contribution in [0.4, 0.5) is 0 Å². The normalized spacial score (nSPS) is 11.1. The molecule has 7 N–H and O–H groups in total. The highest BCUT2D eigenvalue weighted by atomic mass is 16.3. The molecule has 0 aliphatic heterocycles. The number of amides is 4. The van der Waals surface area contributed by atoms with Gasteiger partial charge >= 0.3 is 0 Å². The first-order valence-corrected chi connectivity index (χ1v) is 5.85. The minimum Gasteiger partial charge on any atom is -0.354 e. The van der Waals surface area contributed by atoms with E-state index in [1.807, 2.05) is 0 Å². The molecule has 0 heterocycles. The maximum Gasteiger partial charge on any atom is 0.233 e. The minimum absolute atomic E-state index is 0.389. The zero-order valence-corrected chi connectivity index (χ0v) is 11.4. The molecule has 0 aromatic rings. The lowest BCUT2D eigenvalue weighted by atomic mass is 10.3. The molecule has 118 valence electrons. The Bertz CT molecular complexity index is 398. The van der Waals surface area contributed by atoms with Gasteiger partial charge in [-0.2, -0.15) is 0 Å². The average Bonchev–Trinajstić information content (AvgIpc) is 2.38. The van der Waals surface area contributed by atoms with Gasteiger partial charge in [0.05, 0.1) is 13.3 Å². The van der Waals surface area contributed by atoms with E-state index in [2.05, 4.69) is 26.4 Å². The quantitative estimate of drug-likeness (QED) is 0.217. The molecule has 0 aliphatic carbocycles. The SMILES string of the molecule is [2H]OC(C)(NC(=O)CC(=O)NC[NH])NC(=O)CC(=O)NC[NH]. The minimum atomic E-state index is -1.93. The predicted octanol–water partition coefficient (Wildman–Crippen LogP) is -3.62. The number of hydrogen-bond donors (Lipinski definition) is 5. The lowest BCUT2D eigenvalue weighted by Crippen LogP contribution is -2.59. The molecule has 0 saturated carbocycles. The second-order valence-electron chi connectivity index (χ2n) is 4.04. The Kier molecular flexibility index (Phi) is 7.08. The van der Waals surface area contributed by atoms with E-state index in [1.54, 1.807) is 0 Å². The largest absolute Gasteiger partial charge is 0.354 e. The Labute approximate surface area is 122 Å². The summed E-state index contributed by atoms with van der Waals surface area (Å²) in [6.45, 7) is 0.362. The fraction of sp³-hybridized carbons (Fsp3) is 0.600. The van der Waals surface area contributed by atoms with Gasteiger partial charge in [0.25, 0.3) is 0 Å². The molecule has 0 fully saturated rings. The van der Waals surface area contributed by atoms with Crippen LogP contribution in [-0.2, 0) is 19.2 Å². The fourth-order valence-corrected chi connectivity index (χ4v) is 1.27. The van der Waals surface area contributed by atoms with E-state index in [1.165, 1.54) is 0 Å². The second kappa shape index (κ2) is 8.84. The zero-order chi connectivity index (χ0) is 17.2. The molecule has 0 atom stereocenters. The molecule has 0 unspecified atom stereocenters. The molecular weight excluding hydrogens is 284 g/mol. The molecule has 0 spiro atoms. The highest BCUT2D eigenvalue weighted by Crippen LogP contribution is 1.95. The summed E-state index contributed by atoms with van der Waals surface area (Å²) in [6.07, 6.45) is -1.24. The lowest BCUT2D eigenvalue weighted by molar-refractivity contribution is -0.139. The summed E-state index contributed by atoms with van der Waals surface area (Å²) in [5, 5.41) is 12.6. The molecule has 4 amide bonds. The van der Waals surface area contributed by atoms with Gasteiger partial charge in [0.15, 0.2) is 0 Å². The predicted molar refractivity (Wildman–Crippen MR) is 68.4 cm³/mol. The maximum absolute atomic E-state index is 11.6. The highest BCUT2D eigenvalue weighted by molar-refractivity contribution is 5.98. The molecule has 2 radical (unpaired) electrons. The van der Waals surface area contributed by atoms with Crippen molar-refractivity contribution in [2.24, 2.45) is 0 Å². The summed E-state index contributed by atoms with van der Waals surface area (Å²) >= 11 is 0. The van der Waals surface area contributed by atoms with Crippen LogP contribution in [0.25, 0.3) is 0 Å². The first-order valence-electron chi connectivity index (χ1n) is 6.26. The molecule has 0 bridgehead atoms. The summed E-state index contributed by atoms with van der Waals surface area (Å²) in [6, 6.07) is 0. The van der Waals surface area contributed by atoms with Crippen LogP contribution >= 0.6 is 0 Å². The van der Waals surface area contributed by atoms with Crippen molar-refractivity contribution in [2.75, 3.05) is 13.3 Å². The smallest absolute Gasteiger partial charge is 0.233 e. The Balaban J connectivity index is 4.50. The molecule has 0 aromatic carbocycles. The first kappa shape index (κ1) is 16.8. The van der Waals surface area contributed by atoms with Crippen molar-refractivity contribution < 1.29 is 24.3 Å². The van der Waals surface area contributed by atoms with Crippen LogP contribution in [0.3, 0.4) is 0 Å². The molecule has 21 heavy (non-hydrogen) atoms. The number of hydrogen-bond acceptors (Lipinski definition) is 5. The Morgan fingerprint density at radius 2 is 1.33 bits per heavy atom. The summed E-state index contributed by atoms with van der Waals surface area (Å²) < 4.78 is 6.88. The van der Waals surface area contributed by atoms with Crippen LogP contribution in [0.2, 0.25) is 0 Å². The van der Waals surface area contributed by atoms with E-state index in [9.17, 15) is 19.2 Å². The number of nitrogens with one attached hydrogen (secondary N) is 6. The van der Waals surface area contributed by atoms with Gasteiger partial charge < -0.3 is 26.4 Å². The highest BCUT2D eigenvalue weighted by Gasteiger charge is 2.26. The molecule has 11 nitrogen and oxygen atoms in total. The third kappa shape index (κ3) is 9.32. The monoisotopic (exact) mass is 303 g/mol. The summed E-state index contributed by atoms with van der Waals surface area (Å²) in [4.78, 5) is 45.4. The average molecular weight is 303 g/mol. The van der Waals surface area contributed by atoms with Gasteiger partial charge in [0.2, 0.25) is 30.9 Å². The van der Waals surface area contributed by atoms with E-state index >= 15 is 0 Å². The molecule has 0 aromatic heterocycles. The van der Waals surface area contributed by atoms with E-state index < -0.39 is 42.3 Å². The third-order valence-corrected chi connectivity index (χ3v) is 1.97. The van der Waals surface area contributed by atoms with E-state index in [0.717, 1.165) is 6.92 Å². The van der Waals surface area contributed by atoms with Crippen molar-refractivity contribution in [3.05, 3.63) is 0 Å². The van der Waals surface area contributed by atoms with Crippen molar-refractivity contribution >= 4 is 23.6 Å². The van der Waals surface area contributed by atoms with Crippen LogP contribution in [0.15, 0.2) is 0 Å². The first-order chi connectivity index (χ1) is 10.3. The van der Waals surface area contributed by atoms with Crippen molar-refractivity contribution in [3.8, 4) is 0 Å². The maximum atomic E-state index is 11.6. The molecular formula is C10H18N6O5. The summed E-state index contributed by atoms with van der Waals surface area (Å²) in [5.41, 5.74) is 13.5. The molecule has 0 aliphatic rings. The fourth-order valence-electron chi connectivity index (χ4n) is 1.27. The standard InChI is InChI=1S/C10H18N6O5/c1-10(21,15-8(19)2-6(17)13-4-11)16-9(20)3-7(18)14-5-12/h11-12,21H,2-5H2,1H3,(H,13,17)(H,14,18)(H,15,19)(H,16,20)/i21D. The Morgan fingerprint density at radius 3 is 1.62 bits per heavy atom. The van der Waals surface area contributed by atoms with E-state index in [0.29, 0.717) is 0 Å².